The monoisotopic (exact) mass is 364 g/mol. The summed E-state index contributed by atoms with van der Waals surface area (Å²) in [5.74, 6) is 0.0235. The van der Waals surface area contributed by atoms with Crippen molar-refractivity contribution in [2.45, 2.75) is 65.3 Å². The van der Waals surface area contributed by atoms with Gasteiger partial charge in [-0.3, -0.25) is 4.79 Å². The van der Waals surface area contributed by atoms with Crippen LogP contribution in [0.1, 0.15) is 67.5 Å². The fourth-order valence-electron chi connectivity index (χ4n) is 3.97. The Bertz CT molecular complexity index is 775. The number of para-hydroxylation sites is 1. The summed E-state index contributed by atoms with van der Waals surface area (Å²) in [4.78, 5) is 12.5. The Balaban J connectivity index is 1.61. The quantitative estimate of drug-likeness (QED) is 0.727. The largest absolute Gasteiger partial charge is 0.324 e. The number of hydrogen-bond acceptors (Lipinski definition) is 2. The van der Waals surface area contributed by atoms with Gasteiger partial charge in [-0.1, -0.05) is 50.2 Å². The maximum Gasteiger partial charge on any atom is 0.238 e. The van der Waals surface area contributed by atoms with Crippen molar-refractivity contribution >= 4 is 11.6 Å². The summed E-state index contributed by atoms with van der Waals surface area (Å²) < 4.78 is 0. The lowest BCUT2D eigenvalue weighted by molar-refractivity contribution is -0.115. The van der Waals surface area contributed by atoms with Crippen LogP contribution in [-0.2, 0) is 30.5 Å². The van der Waals surface area contributed by atoms with E-state index in [0.717, 1.165) is 18.5 Å². The molecular formula is C24H32N2O. The Morgan fingerprint density at radius 3 is 2.33 bits per heavy atom. The van der Waals surface area contributed by atoms with E-state index < -0.39 is 0 Å². The molecule has 1 amide bonds. The second-order valence-corrected chi connectivity index (χ2v) is 7.54. The molecule has 0 aliphatic heterocycles. The fourth-order valence-corrected chi connectivity index (χ4v) is 3.97. The summed E-state index contributed by atoms with van der Waals surface area (Å²) >= 11 is 0. The van der Waals surface area contributed by atoms with E-state index in [-0.39, 0.29) is 11.9 Å². The van der Waals surface area contributed by atoms with Crippen molar-refractivity contribution in [1.29, 1.82) is 0 Å². The van der Waals surface area contributed by atoms with E-state index in [1.165, 1.54) is 53.5 Å². The number of amides is 1. The van der Waals surface area contributed by atoms with Gasteiger partial charge in [-0.25, -0.2) is 0 Å². The lowest BCUT2D eigenvalue weighted by Crippen LogP contribution is -2.30. The zero-order valence-corrected chi connectivity index (χ0v) is 16.9. The van der Waals surface area contributed by atoms with Crippen LogP contribution in [0.15, 0.2) is 36.4 Å². The summed E-state index contributed by atoms with van der Waals surface area (Å²) in [5, 5.41) is 6.52. The van der Waals surface area contributed by atoms with E-state index in [0.29, 0.717) is 6.54 Å². The first kappa shape index (κ1) is 19.6. The number of nitrogens with one attached hydrogen (secondary N) is 2. The standard InChI is InChI=1S/C24H32N2O/c1-4-18-11-8-12-19(5-2)24(18)26-23(27)16-25-17(3)21-14-13-20-9-6-7-10-22(20)15-21/h8,11-15,17,25H,4-7,9-10,16H2,1-3H3,(H,26,27)/t17-/m1/s1. The van der Waals surface area contributed by atoms with Crippen LogP contribution in [0.5, 0.6) is 0 Å². The third-order valence-electron chi connectivity index (χ3n) is 5.70. The molecule has 3 nitrogen and oxygen atoms in total. The van der Waals surface area contributed by atoms with Crippen molar-refractivity contribution in [1.82, 2.24) is 5.32 Å². The van der Waals surface area contributed by atoms with Crippen LogP contribution in [0, 0.1) is 0 Å². The van der Waals surface area contributed by atoms with Crippen LogP contribution >= 0.6 is 0 Å². The highest BCUT2D eigenvalue weighted by molar-refractivity contribution is 5.93. The molecule has 0 aromatic heterocycles. The van der Waals surface area contributed by atoms with Crippen LogP contribution in [0.4, 0.5) is 5.69 Å². The minimum atomic E-state index is 0.0235. The first-order valence-corrected chi connectivity index (χ1v) is 10.4. The summed E-state index contributed by atoms with van der Waals surface area (Å²) in [7, 11) is 0. The van der Waals surface area contributed by atoms with E-state index in [2.05, 4.69) is 67.8 Å². The van der Waals surface area contributed by atoms with E-state index >= 15 is 0 Å². The summed E-state index contributed by atoms with van der Waals surface area (Å²) in [6, 6.07) is 13.2. The molecule has 0 spiro atoms. The van der Waals surface area contributed by atoms with Gasteiger partial charge in [0.2, 0.25) is 5.91 Å². The van der Waals surface area contributed by atoms with Crippen molar-refractivity contribution in [2.24, 2.45) is 0 Å². The van der Waals surface area contributed by atoms with Crippen molar-refractivity contribution in [2.75, 3.05) is 11.9 Å². The molecule has 1 aliphatic rings. The molecule has 2 aromatic rings. The molecule has 0 fully saturated rings. The molecule has 2 N–H and O–H groups in total. The first-order chi connectivity index (χ1) is 13.1. The van der Waals surface area contributed by atoms with E-state index in [9.17, 15) is 4.79 Å². The minimum absolute atomic E-state index is 0.0235. The normalized spacial score (nSPS) is 14.5. The molecule has 0 radical (unpaired) electrons. The summed E-state index contributed by atoms with van der Waals surface area (Å²) in [5.41, 5.74) is 7.65. The predicted octanol–water partition coefficient (Wildman–Crippen LogP) is 4.98. The van der Waals surface area contributed by atoms with Gasteiger partial charge < -0.3 is 10.6 Å². The first-order valence-electron chi connectivity index (χ1n) is 10.4. The van der Waals surface area contributed by atoms with E-state index in [1.807, 2.05) is 0 Å². The van der Waals surface area contributed by atoms with Gasteiger partial charge >= 0.3 is 0 Å². The SMILES string of the molecule is CCc1cccc(CC)c1NC(=O)CN[C@H](C)c1ccc2c(c1)CCCC2. The lowest BCUT2D eigenvalue weighted by atomic mass is 9.89. The molecule has 1 aliphatic carbocycles. The number of carbonyl (C=O) groups is 1. The van der Waals surface area contributed by atoms with Crippen LogP contribution in [0.2, 0.25) is 0 Å². The number of fused-ring (bicyclic) bond motifs is 1. The molecule has 0 unspecified atom stereocenters. The highest BCUT2D eigenvalue weighted by Gasteiger charge is 2.14. The maximum atomic E-state index is 12.5. The topological polar surface area (TPSA) is 41.1 Å². The number of anilines is 1. The Hall–Kier alpha value is -2.13. The summed E-state index contributed by atoms with van der Waals surface area (Å²) in [6.45, 7) is 6.70. The van der Waals surface area contributed by atoms with Crippen molar-refractivity contribution < 1.29 is 4.79 Å². The Labute approximate surface area is 163 Å². The van der Waals surface area contributed by atoms with Gasteiger partial charge in [-0.15, -0.1) is 0 Å². The van der Waals surface area contributed by atoms with Gasteiger partial charge in [-0.2, -0.15) is 0 Å². The van der Waals surface area contributed by atoms with E-state index in [1.54, 1.807) is 0 Å². The Morgan fingerprint density at radius 1 is 1.00 bits per heavy atom. The third-order valence-corrected chi connectivity index (χ3v) is 5.70. The zero-order chi connectivity index (χ0) is 19.2. The smallest absolute Gasteiger partial charge is 0.238 e. The molecular weight excluding hydrogens is 332 g/mol. The molecule has 0 bridgehead atoms. The highest BCUT2D eigenvalue weighted by Crippen LogP contribution is 2.25. The van der Waals surface area contributed by atoms with Crippen LogP contribution in [0.3, 0.4) is 0 Å². The molecule has 2 aromatic carbocycles. The average Bonchev–Trinajstić information content (AvgIpc) is 2.71. The van der Waals surface area contributed by atoms with Crippen molar-refractivity contribution in [3.8, 4) is 0 Å². The molecule has 144 valence electrons. The van der Waals surface area contributed by atoms with Crippen molar-refractivity contribution in [3.05, 3.63) is 64.2 Å². The Morgan fingerprint density at radius 2 is 1.67 bits per heavy atom. The number of aryl methyl sites for hydroxylation is 4. The fraction of sp³-hybridized carbons (Fsp3) is 0.458. The van der Waals surface area contributed by atoms with Gasteiger partial charge in [0.15, 0.2) is 0 Å². The zero-order valence-electron chi connectivity index (χ0n) is 16.9. The maximum absolute atomic E-state index is 12.5. The molecule has 1 atom stereocenters. The molecule has 3 rings (SSSR count). The van der Waals surface area contributed by atoms with Gasteiger partial charge in [-0.05, 0) is 73.3 Å². The molecule has 27 heavy (non-hydrogen) atoms. The number of benzene rings is 2. The molecule has 0 saturated carbocycles. The Kier molecular flexibility index (Phi) is 6.68. The minimum Gasteiger partial charge on any atom is -0.324 e. The van der Waals surface area contributed by atoms with Crippen LogP contribution in [-0.4, -0.2) is 12.5 Å². The molecule has 3 heteroatoms. The number of carbonyl (C=O) groups excluding carboxylic acids is 1. The van der Waals surface area contributed by atoms with Gasteiger partial charge in [0.1, 0.15) is 0 Å². The third kappa shape index (κ3) is 4.78. The predicted molar refractivity (Wildman–Crippen MR) is 113 cm³/mol. The van der Waals surface area contributed by atoms with Gasteiger partial charge in [0, 0.05) is 11.7 Å². The van der Waals surface area contributed by atoms with E-state index in [4.69, 9.17) is 0 Å². The highest BCUT2D eigenvalue weighted by atomic mass is 16.1. The van der Waals surface area contributed by atoms with Gasteiger partial charge in [0.05, 0.1) is 6.54 Å². The lowest BCUT2D eigenvalue weighted by Gasteiger charge is -2.20. The average molecular weight is 365 g/mol. The van der Waals surface area contributed by atoms with Gasteiger partial charge in [0.25, 0.3) is 0 Å². The second kappa shape index (κ2) is 9.18. The molecule has 0 heterocycles. The second-order valence-electron chi connectivity index (χ2n) is 7.54. The van der Waals surface area contributed by atoms with Crippen LogP contribution in [0.25, 0.3) is 0 Å². The number of hydrogen-bond donors (Lipinski definition) is 2. The summed E-state index contributed by atoms with van der Waals surface area (Å²) in [6.07, 6.45) is 6.82. The molecule has 0 saturated heterocycles. The van der Waals surface area contributed by atoms with Crippen molar-refractivity contribution in [3.63, 3.8) is 0 Å². The number of rotatable bonds is 7. The van der Waals surface area contributed by atoms with Crippen LogP contribution < -0.4 is 10.6 Å².